The number of hydrogen-bond donors (Lipinski definition) is 0. The van der Waals surface area contributed by atoms with Gasteiger partial charge in [0.15, 0.2) is 0 Å². The quantitative estimate of drug-likeness (QED) is 0.190. The molecular weight excluding hydrogens is 893 g/mol. The van der Waals surface area contributed by atoms with Gasteiger partial charge in [-0.05, 0) is 127 Å². The molecule has 0 unspecified atom stereocenters. The second kappa shape index (κ2) is 59.3. The maximum absolute atomic E-state index is 2.88. The van der Waals surface area contributed by atoms with Crippen LogP contribution in [-0.2, 0) is 25.8 Å². The average Bonchev–Trinajstić information content (AvgIpc) is 4.12. The van der Waals surface area contributed by atoms with E-state index in [2.05, 4.69) is 233 Å². The van der Waals surface area contributed by atoms with Gasteiger partial charge in [0.2, 0.25) is 0 Å². The summed E-state index contributed by atoms with van der Waals surface area (Å²) in [6, 6.07) is 26.2. The van der Waals surface area contributed by atoms with Crippen LogP contribution in [0.4, 0.5) is 0 Å². The highest BCUT2D eigenvalue weighted by molar-refractivity contribution is 5.76. The van der Waals surface area contributed by atoms with Gasteiger partial charge in [0.25, 0.3) is 0 Å². The van der Waals surface area contributed by atoms with Crippen LogP contribution in [0.3, 0.4) is 0 Å². The predicted octanol–water partition coefficient (Wildman–Crippen LogP) is 24.2. The lowest BCUT2D eigenvalue weighted by atomic mass is 9.40. The van der Waals surface area contributed by atoms with Crippen molar-refractivity contribution in [2.24, 2.45) is 35.5 Å². The Labute approximate surface area is 472 Å². The van der Waals surface area contributed by atoms with Crippen LogP contribution >= 0.6 is 0 Å². The molecule has 1 saturated heterocycles. The molecule has 4 aliphatic carbocycles. The van der Waals surface area contributed by atoms with E-state index in [1.807, 2.05) is 41.5 Å². The number of rotatable bonds is 6. The van der Waals surface area contributed by atoms with Crippen LogP contribution in [0.1, 0.15) is 270 Å². The van der Waals surface area contributed by atoms with Gasteiger partial charge in [-0.3, -0.25) is 4.90 Å². The van der Waals surface area contributed by atoms with Crippen molar-refractivity contribution >= 4 is 0 Å². The van der Waals surface area contributed by atoms with E-state index in [9.17, 15) is 0 Å². The van der Waals surface area contributed by atoms with Crippen molar-refractivity contribution in [3.63, 3.8) is 0 Å². The van der Waals surface area contributed by atoms with E-state index in [1.165, 1.54) is 65.5 Å². The highest BCUT2D eigenvalue weighted by atomic mass is 15.3. The SMILES string of the molecule is C.C.C.C.C.C1=CCC=C1.CC.CC.CC.CCC.CCC.CCC.CCC.CCC.CCN(C)CC.CCc1cc(CC)cc(CN2[C@@H]3[C@@H]4[C@H](C)[C@H](C)[C@@H]4[C@@H]3[C@H](C)[C@@H]2C)c1.c1ccc2c(c1)Cc1ccccc1-2. The Morgan fingerprint density at radius 2 is 0.757 bits per heavy atom. The predicted molar refractivity (Wildman–Crippen MR) is 356 cm³/mol. The van der Waals surface area contributed by atoms with Crippen LogP contribution in [0.15, 0.2) is 91.0 Å². The molecule has 74 heavy (non-hydrogen) atoms. The second-order valence-electron chi connectivity index (χ2n) is 18.7. The number of benzene rings is 3. The molecule has 5 aliphatic rings. The summed E-state index contributed by atoms with van der Waals surface area (Å²) < 4.78 is 0. The molecule has 2 heteroatoms. The van der Waals surface area contributed by atoms with Crippen LogP contribution in [0, 0.1) is 35.5 Å². The largest absolute Gasteiger partial charge is 0.307 e. The summed E-state index contributed by atoms with van der Waals surface area (Å²) in [6.45, 7) is 55.6. The molecule has 0 N–H and O–H groups in total. The third kappa shape index (κ3) is 32.0. The van der Waals surface area contributed by atoms with Gasteiger partial charge >= 0.3 is 0 Å². The van der Waals surface area contributed by atoms with Crippen molar-refractivity contribution in [3.8, 4) is 11.1 Å². The van der Waals surface area contributed by atoms with Gasteiger partial charge in [0.05, 0.1) is 0 Å². The van der Waals surface area contributed by atoms with E-state index in [0.717, 1.165) is 92.9 Å². The van der Waals surface area contributed by atoms with Gasteiger partial charge in [0, 0.05) is 18.6 Å². The second-order valence-corrected chi connectivity index (χ2v) is 18.7. The lowest BCUT2D eigenvalue weighted by molar-refractivity contribution is -0.185. The zero-order valence-electron chi connectivity index (χ0n) is 51.2. The molecule has 2 saturated carbocycles. The normalized spacial score (nSPS) is 19.8. The fraction of sp³-hybridized carbons (Fsp3) is 0.694. The zero-order valence-corrected chi connectivity index (χ0v) is 51.2. The number of hydrogen-bond acceptors (Lipinski definition) is 2. The molecule has 0 amide bonds. The van der Waals surface area contributed by atoms with E-state index in [0.29, 0.717) is 0 Å². The van der Waals surface area contributed by atoms with Gasteiger partial charge < -0.3 is 4.90 Å². The molecule has 3 fully saturated rings. The molecule has 1 heterocycles. The lowest BCUT2D eigenvalue weighted by Gasteiger charge is -2.67. The highest BCUT2D eigenvalue weighted by Crippen LogP contribution is 2.68. The molecule has 0 aromatic heterocycles. The Bertz CT molecular complexity index is 1530. The zero-order chi connectivity index (χ0) is 53.9. The Hall–Kier alpha value is -2.94. The summed E-state index contributed by atoms with van der Waals surface area (Å²) >= 11 is 0. The van der Waals surface area contributed by atoms with Crippen LogP contribution in [-0.4, -0.2) is 42.0 Å². The van der Waals surface area contributed by atoms with Crippen LogP contribution < -0.4 is 0 Å². The molecule has 0 spiro atoms. The minimum Gasteiger partial charge on any atom is -0.307 e. The van der Waals surface area contributed by atoms with Gasteiger partial charge in [-0.2, -0.15) is 0 Å². The third-order valence-corrected chi connectivity index (χ3v) is 12.7. The van der Waals surface area contributed by atoms with Gasteiger partial charge in [-0.15, -0.1) is 0 Å². The number of nitrogens with zero attached hydrogens (tertiary/aromatic N) is 2. The molecule has 3 aromatic rings. The molecule has 440 valence electrons. The van der Waals surface area contributed by atoms with Crippen molar-refractivity contribution in [2.45, 2.75) is 280 Å². The summed E-state index contributed by atoms with van der Waals surface area (Å²) in [5.41, 5.74) is 10.3. The number of aryl methyl sites for hydroxylation is 2. The van der Waals surface area contributed by atoms with Gasteiger partial charge in [-0.25, -0.2) is 0 Å². The van der Waals surface area contributed by atoms with Crippen LogP contribution in [0.5, 0.6) is 0 Å². The number of fused-ring (bicyclic) bond motifs is 7. The average molecular weight is 1040 g/mol. The first-order valence-corrected chi connectivity index (χ1v) is 29.3. The maximum atomic E-state index is 2.88. The van der Waals surface area contributed by atoms with E-state index < -0.39 is 0 Å². The minimum atomic E-state index is 0. The Morgan fingerprint density at radius 3 is 1.05 bits per heavy atom. The smallest absolute Gasteiger partial charge is 0.0240 e. The van der Waals surface area contributed by atoms with E-state index in [1.54, 1.807) is 5.56 Å². The molecule has 2 nitrogen and oxygen atoms in total. The van der Waals surface area contributed by atoms with Crippen LogP contribution in [0.25, 0.3) is 11.1 Å². The highest BCUT2D eigenvalue weighted by Gasteiger charge is 2.69. The number of allylic oxidation sites excluding steroid dienone is 4. The summed E-state index contributed by atoms with van der Waals surface area (Å²) in [7, 11) is 2.11. The van der Waals surface area contributed by atoms with Crippen LogP contribution in [0.2, 0.25) is 0 Å². The molecule has 1 aliphatic heterocycles. The summed E-state index contributed by atoms with van der Waals surface area (Å²) in [5, 5.41) is 0. The van der Waals surface area contributed by atoms with Crippen molar-refractivity contribution in [2.75, 3.05) is 20.1 Å². The van der Waals surface area contributed by atoms with E-state index in [4.69, 9.17) is 0 Å². The summed E-state index contributed by atoms with van der Waals surface area (Å²) in [6.07, 6.45) is 19.2. The van der Waals surface area contributed by atoms with Crippen molar-refractivity contribution < 1.29 is 0 Å². The minimum absolute atomic E-state index is 0. The first kappa shape index (κ1) is 90.6. The molecule has 0 bridgehead atoms. The molecule has 3 aromatic carbocycles. The fourth-order valence-corrected chi connectivity index (χ4v) is 9.24. The Morgan fingerprint density at radius 1 is 0.446 bits per heavy atom. The van der Waals surface area contributed by atoms with Crippen molar-refractivity contribution in [3.05, 3.63) is 119 Å². The third-order valence-electron chi connectivity index (χ3n) is 12.7. The fourth-order valence-electron chi connectivity index (χ4n) is 9.24. The van der Waals surface area contributed by atoms with Crippen molar-refractivity contribution in [1.29, 1.82) is 0 Å². The lowest BCUT2D eigenvalue weighted by Crippen LogP contribution is -2.68. The van der Waals surface area contributed by atoms with E-state index in [-0.39, 0.29) is 37.1 Å². The van der Waals surface area contributed by atoms with E-state index >= 15 is 0 Å². The first-order valence-electron chi connectivity index (χ1n) is 29.3. The molecule has 0 radical (unpaired) electrons. The van der Waals surface area contributed by atoms with Gasteiger partial charge in [-0.1, -0.05) is 320 Å². The Kier molecular flexibility index (Phi) is 72.6. The first-order chi connectivity index (χ1) is 33.3. The van der Waals surface area contributed by atoms with Gasteiger partial charge in [0.1, 0.15) is 0 Å². The molecular formula is C72H142N2. The van der Waals surface area contributed by atoms with Crippen molar-refractivity contribution in [1.82, 2.24) is 9.80 Å². The maximum Gasteiger partial charge on any atom is 0.0240 e. The number of likely N-dealkylation sites (tertiary alicyclic amines) is 1. The monoisotopic (exact) mass is 1040 g/mol. The topological polar surface area (TPSA) is 6.48 Å². The summed E-state index contributed by atoms with van der Waals surface area (Å²) in [5.74, 6) is 5.74. The standard InChI is InChI=1S/C23H35N.C13H10.C5H13N.C5H6.5C3H8.3C2H6.5CH4/c1-7-17-9-18(8-2)11-19(10-17)12-24-16(6)15(5)22-20-13(3)14(4)21(20)23(22)24;1-3-7-12-10(5-1)9-11-6-2-4-8-13(11)12;1-4-6(3)5-2;1-2-4-5-3-1;5*1-3-2;3*1-2;;;;;/h9-11,13-16,20-23H,7-8,12H2,1-6H3;1-8H,9H2;4-5H2,1-3H3;1-4H,5H2;5*3H2,1-2H3;3*1-2H3;5*1H4/t13-,14+,15+,16-,20-,21+,22-,23+;;;;;;;;;;;;;;;;/m0................/s1. The molecule has 8 atom stereocenters. The summed E-state index contributed by atoms with van der Waals surface area (Å²) in [4.78, 5) is 5.13. The molecule has 8 rings (SSSR count). The Balaban J connectivity index is -0.000000103.